The topological polar surface area (TPSA) is 41.1 Å². The Hall–Kier alpha value is -1.03. The maximum atomic E-state index is 12.2. The highest BCUT2D eigenvalue weighted by atomic mass is 79.9. The minimum atomic E-state index is -0.227. The Balaban J connectivity index is 1.91. The number of aryl methyl sites for hydroxylation is 1. The minimum absolute atomic E-state index is 0.0882. The van der Waals surface area contributed by atoms with Gasteiger partial charge < -0.3 is 10.6 Å². The van der Waals surface area contributed by atoms with E-state index < -0.39 is 0 Å². The summed E-state index contributed by atoms with van der Waals surface area (Å²) < 4.78 is 1.03. The summed E-state index contributed by atoms with van der Waals surface area (Å²) in [7, 11) is 0. The van der Waals surface area contributed by atoms with Gasteiger partial charge in [0.2, 0.25) is 5.91 Å². The molecule has 1 aromatic carbocycles. The second-order valence-electron chi connectivity index (χ2n) is 5.65. The Morgan fingerprint density at radius 1 is 1.30 bits per heavy atom. The smallest absolute Gasteiger partial charge is 0.242 e. The van der Waals surface area contributed by atoms with E-state index in [4.69, 9.17) is 0 Å². The molecule has 3 nitrogen and oxygen atoms in total. The molecule has 2 N–H and O–H groups in total. The van der Waals surface area contributed by atoms with E-state index in [9.17, 15) is 4.79 Å². The summed E-state index contributed by atoms with van der Waals surface area (Å²) in [6.45, 7) is 3.95. The van der Waals surface area contributed by atoms with E-state index >= 15 is 0 Å². The Labute approximate surface area is 129 Å². The van der Waals surface area contributed by atoms with Crippen LogP contribution in [0.2, 0.25) is 0 Å². The lowest BCUT2D eigenvalue weighted by atomic mass is 9.95. The zero-order valence-electron chi connectivity index (χ0n) is 12.2. The Bertz CT molecular complexity index is 470. The molecule has 1 atom stereocenters. The summed E-state index contributed by atoms with van der Waals surface area (Å²) in [5, 5.41) is 6.44. The molecule has 0 saturated heterocycles. The normalized spacial score (nSPS) is 17.6. The van der Waals surface area contributed by atoms with Crippen molar-refractivity contribution in [2.75, 3.05) is 5.32 Å². The second kappa shape index (κ2) is 7.11. The molecule has 1 unspecified atom stereocenters. The number of hydrogen-bond acceptors (Lipinski definition) is 2. The molecule has 0 aliphatic heterocycles. The fourth-order valence-corrected chi connectivity index (χ4v) is 3.01. The monoisotopic (exact) mass is 338 g/mol. The summed E-state index contributed by atoms with van der Waals surface area (Å²) >= 11 is 3.56. The summed E-state index contributed by atoms with van der Waals surface area (Å²) in [6, 6.07) is 6.16. The highest BCUT2D eigenvalue weighted by Crippen LogP contribution is 2.26. The predicted molar refractivity (Wildman–Crippen MR) is 87.0 cm³/mol. The molecule has 0 aromatic heterocycles. The van der Waals surface area contributed by atoms with E-state index in [0.717, 1.165) is 28.6 Å². The van der Waals surface area contributed by atoms with Crippen molar-refractivity contribution in [1.82, 2.24) is 5.32 Å². The molecule has 110 valence electrons. The quantitative estimate of drug-likeness (QED) is 0.870. The van der Waals surface area contributed by atoms with E-state index in [2.05, 4.69) is 26.6 Å². The first-order valence-electron chi connectivity index (χ1n) is 7.40. The van der Waals surface area contributed by atoms with Crippen LogP contribution < -0.4 is 10.6 Å². The third-order valence-corrected chi connectivity index (χ3v) is 4.96. The number of nitrogens with one attached hydrogen (secondary N) is 2. The van der Waals surface area contributed by atoms with Gasteiger partial charge in [-0.1, -0.05) is 31.4 Å². The van der Waals surface area contributed by atoms with Crippen LogP contribution in [0, 0.1) is 6.92 Å². The van der Waals surface area contributed by atoms with Crippen LogP contribution in [-0.2, 0) is 4.79 Å². The largest absolute Gasteiger partial charge is 0.373 e. The molecule has 1 amide bonds. The van der Waals surface area contributed by atoms with Gasteiger partial charge in [0.05, 0.1) is 0 Å². The molecule has 0 radical (unpaired) electrons. The zero-order valence-corrected chi connectivity index (χ0v) is 13.8. The van der Waals surface area contributed by atoms with Gasteiger partial charge in [-0.25, -0.2) is 0 Å². The van der Waals surface area contributed by atoms with E-state index in [1.54, 1.807) is 0 Å². The van der Waals surface area contributed by atoms with E-state index in [0.29, 0.717) is 6.04 Å². The third kappa shape index (κ3) is 3.98. The molecule has 0 heterocycles. The molecule has 1 fully saturated rings. The lowest BCUT2D eigenvalue weighted by Crippen LogP contribution is -2.44. The van der Waals surface area contributed by atoms with Crippen LogP contribution in [0.3, 0.4) is 0 Å². The Kier molecular flexibility index (Phi) is 5.46. The first-order valence-corrected chi connectivity index (χ1v) is 8.19. The van der Waals surface area contributed by atoms with Gasteiger partial charge in [-0.05, 0) is 54.2 Å². The standard InChI is InChI=1S/C16H23BrN2O/c1-11-7-6-10-14(15(11)17)18-12(2)16(20)19-13-8-4-3-5-9-13/h6-7,10,12-13,18H,3-5,8-9H2,1-2H3,(H,19,20). The van der Waals surface area contributed by atoms with Crippen LogP contribution in [0.25, 0.3) is 0 Å². The maximum absolute atomic E-state index is 12.2. The van der Waals surface area contributed by atoms with Crippen LogP contribution in [0.4, 0.5) is 5.69 Å². The second-order valence-corrected chi connectivity index (χ2v) is 6.44. The van der Waals surface area contributed by atoms with Crippen molar-refractivity contribution < 1.29 is 4.79 Å². The average molecular weight is 339 g/mol. The van der Waals surface area contributed by atoms with Crippen LogP contribution >= 0.6 is 15.9 Å². The number of rotatable bonds is 4. The van der Waals surface area contributed by atoms with Gasteiger partial charge in [0.15, 0.2) is 0 Å². The number of carbonyl (C=O) groups excluding carboxylic acids is 1. The molecule has 20 heavy (non-hydrogen) atoms. The van der Waals surface area contributed by atoms with Crippen molar-refractivity contribution in [2.24, 2.45) is 0 Å². The number of hydrogen-bond donors (Lipinski definition) is 2. The van der Waals surface area contributed by atoms with Gasteiger partial charge in [-0.3, -0.25) is 4.79 Å². The van der Waals surface area contributed by atoms with E-state index in [-0.39, 0.29) is 11.9 Å². The first kappa shape index (κ1) is 15.4. The van der Waals surface area contributed by atoms with Crippen LogP contribution in [0.5, 0.6) is 0 Å². The van der Waals surface area contributed by atoms with Gasteiger partial charge >= 0.3 is 0 Å². The van der Waals surface area contributed by atoms with E-state index in [1.807, 2.05) is 32.0 Å². The van der Waals surface area contributed by atoms with Crippen LogP contribution in [-0.4, -0.2) is 18.0 Å². The Morgan fingerprint density at radius 2 is 2.00 bits per heavy atom. The molecule has 0 bridgehead atoms. The summed E-state index contributed by atoms with van der Waals surface area (Å²) in [5.41, 5.74) is 2.13. The fraction of sp³-hybridized carbons (Fsp3) is 0.562. The number of amides is 1. The molecule has 1 aliphatic carbocycles. The van der Waals surface area contributed by atoms with Crippen LogP contribution in [0.1, 0.15) is 44.6 Å². The van der Waals surface area contributed by atoms with Crippen LogP contribution in [0.15, 0.2) is 22.7 Å². The lowest BCUT2D eigenvalue weighted by molar-refractivity contribution is -0.122. The van der Waals surface area contributed by atoms with Crippen molar-refractivity contribution in [1.29, 1.82) is 0 Å². The summed E-state index contributed by atoms with van der Waals surface area (Å²) in [5.74, 6) is 0.0882. The molecule has 2 rings (SSSR count). The summed E-state index contributed by atoms with van der Waals surface area (Å²) in [6.07, 6.45) is 6.00. The van der Waals surface area contributed by atoms with Crippen molar-refractivity contribution in [3.8, 4) is 0 Å². The van der Waals surface area contributed by atoms with Gasteiger partial charge in [0, 0.05) is 16.2 Å². The molecule has 1 aromatic rings. The number of benzene rings is 1. The number of carbonyl (C=O) groups is 1. The van der Waals surface area contributed by atoms with E-state index in [1.165, 1.54) is 19.3 Å². The van der Waals surface area contributed by atoms with Gasteiger partial charge in [0.25, 0.3) is 0 Å². The molecule has 4 heteroatoms. The molecular formula is C16H23BrN2O. The first-order chi connectivity index (χ1) is 9.58. The lowest BCUT2D eigenvalue weighted by Gasteiger charge is -2.25. The van der Waals surface area contributed by atoms with Crippen molar-refractivity contribution in [2.45, 2.75) is 58.0 Å². The van der Waals surface area contributed by atoms with Crippen molar-refractivity contribution >= 4 is 27.5 Å². The Morgan fingerprint density at radius 3 is 2.70 bits per heavy atom. The van der Waals surface area contributed by atoms with Gasteiger partial charge in [-0.2, -0.15) is 0 Å². The highest BCUT2D eigenvalue weighted by Gasteiger charge is 2.20. The molecular weight excluding hydrogens is 316 g/mol. The molecule has 1 aliphatic rings. The molecule has 1 saturated carbocycles. The summed E-state index contributed by atoms with van der Waals surface area (Å²) in [4.78, 5) is 12.2. The highest BCUT2D eigenvalue weighted by molar-refractivity contribution is 9.10. The SMILES string of the molecule is Cc1cccc(NC(C)C(=O)NC2CCCCC2)c1Br. The number of halogens is 1. The zero-order chi connectivity index (χ0) is 14.5. The van der Waals surface area contributed by atoms with Crippen molar-refractivity contribution in [3.63, 3.8) is 0 Å². The third-order valence-electron chi connectivity index (χ3n) is 3.91. The maximum Gasteiger partial charge on any atom is 0.242 e. The minimum Gasteiger partial charge on any atom is -0.373 e. The van der Waals surface area contributed by atoms with Gasteiger partial charge in [-0.15, -0.1) is 0 Å². The number of anilines is 1. The fourth-order valence-electron chi connectivity index (χ4n) is 2.63. The van der Waals surface area contributed by atoms with Gasteiger partial charge in [0.1, 0.15) is 6.04 Å². The van der Waals surface area contributed by atoms with Crippen molar-refractivity contribution in [3.05, 3.63) is 28.2 Å². The molecule has 0 spiro atoms. The predicted octanol–water partition coefficient (Wildman–Crippen LogP) is 4.01. The average Bonchev–Trinajstić information content (AvgIpc) is 2.45.